The number of aliphatic imine (C=N–C) groups is 1. The van der Waals surface area contributed by atoms with E-state index in [1.165, 1.54) is 12.4 Å². The Balaban J connectivity index is 4.43. The summed E-state index contributed by atoms with van der Waals surface area (Å²) < 4.78 is 0. The van der Waals surface area contributed by atoms with Gasteiger partial charge in [-0.2, -0.15) is 0 Å². The van der Waals surface area contributed by atoms with Gasteiger partial charge in [0.05, 0.1) is 5.03 Å². The lowest BCUT2D eigenvalue weighted by molar-refractivity contribution is 1.09. The van der Waals surface area contributed by atoms with Crippen LogP contribution in [0.3, 0.4) is 0 Å². The van der Waals surface area contributed by atoms with Gasteiger partial charge in [0.15, 0.2) is 0 Å². The molecule has 3 nitrogen and oxygen atoms in total. The smallest absolute Gasteiger partial charge is 0.0621 e. The van der Waals surface area contributed by atoms with Crippen LogP contribution in [0.25, 0.3) is 0 Å². The van der Waals surface area contributed by atoms with Gasteiger partial charge in [-0.05, 0) is 0 Å². The number of nitrogens with two attached hydrogens (primary N) is 1. The topological polar surface area (TPSA) is 50.4 Å². The molecule has 0 spiro atoms. The largest absolute Gasteiger partial charge is 0.404 e. The number of hydrogen-bond acceptors (Lipinski definition) is 4. The van der Waals surface area contributed by atoms with E-state index in [0.29, 0.717) is 16.3 Å². The Bertz CT molecular complexity index is 277. The fourth-order valence-electron chi connectivity index (χ4n) is 0.601. The molecule has 3 N–H and O–H groups in total. The van der Waals surface area contributed by atoms with Crippen molar-refractivity contribution >= 4 is 18.8 Å². The lowest BCUT2D eigenvalue weighted by atomic mass is 10.2. The maximum absolute atomic E-state index is 5.35. The van der Waals surface area contributed by atoms with Gasteiger partial charge in [0.1, 0.15) is 0 Å². The molecule has 0 aromatic carbocycles. The van der Waals surface area contributed by atoms with E-state index in [1.807, 2.05) is 0 Å². The highest BCUT2D eigenvalue weighted by molar-refractivity contribution is 7.84. The van der Waals surface area contributed by atoms with Crippen molar-refractivity contribution in [3.63, 3.8) is 0 Å². The second-order valence-electron chi connectivity index (χ2n) is 2.13. The van der Waals surface area contributed by atoms with Crippen molar-refractivity contribution in [3.8, 4) is 0 Å². The molecule has 0 saturated carbocycles. The highest BCUT2D eigenvalue weighted by Gasteiger charge is 1.97. The van der Waals surface area contributed by atoms with Crippen molar-refractivity contribution in [2.75, 3.05) is 0 Å². The van der Waals surface area contributed by atoms with E-state index < -0.39 is 0 Å². The van der Waals surface area contributed by atoms with Crippen molar-refractivity contribution in [2.45, 2.75) is 0 Å². The fraction of sp³-hybridized carbons (Fsp3) is 0. The third-order valence-electron chi connectivity index (χ3n) is 1.14. The van der Waals surface area contributed by atoms with Crippen molar-refractivity contribution in [1.29, 1.82) is 0 Å². The van der Waals surface area contributed by atoms with Crippen LogP contribution in [0.2, 0.25) is 0 Å². The van der Waals surface area contributed by atoms with Gasteiger partial charge in [-0.1, -0.05) is 19.7 Å². The van der Waals surface area contributed by atoms with Crippen LogP contribution in [0.4, 0.5) is 0 Å². The lowest BCUT2D eigenvalue weighted by Gasteiger charge is -2.07. The molecule has 0 saturated heterocycles. The van der Waals surface area contributed by atoms with Crippen molar-refractivity contribution in [3.05, 3.63) is 48.4 Å². The van der Waals surface area contributed by atoms with Gasteiger partial charge in [0.2, 0.25) is 0 Å². The quantitative estimate of drug-likeness (QED) is 0.354. The average Bonchev–Trinajstić information content (AvgIpc) is 2.04. The predicted molar refractivity (Wildman–Crippen MR) is 61.4 cm³/mol. The van der Waals surface area contributed by atoms with Gasteiger partial charge in [-0.25, -0.2) is 0 Å². The maximum Gasteiger partial charge on any atom is 0.0621 e. The molecule has 0 atom stereocenters. The minimum Gasteiger partial charge on any atom is -0.404 e. The normalized spacial score (nSPS) is 11.3. The first-order valence-electron chi connectivity index (χ1n) is 3.52. The van der Waals surface area contributed by atoms with E-state index in [0.717, 1.165) is 0 Å². The highest BCUT2D eigenvalue weighted by Crippen LogP contribution is 2.03. The van der Waals surface area contributed by atoms with Crippen LogP contribution in [0.15, 0.2) is 53.4 Å². The van der Waals surface area contributed by atoms with E-state index >= 15 is 0 Å². The monoisotopic (exact) mass is 195 g/mol. The first-order chi connectivity index (χ1) is 6.11. The minimum absolute atomic E-state index is 0.497. The summed E-state index contributed by atoms with van der Waals surface area (Å²) in [4.78, 5) is 3.81. The molecule has 4 heteroatoms. The van der Waals surface area contributed by atoms with Gasteiger partial charge in [-0.15, -0.1) is 12.6 Å². The molecular weight excluding hydrogens is 182 g/mol. The number of nitrogens with zero attached hydrogens (tertiary/aromatic N) is 1. The molecule has 0 aliphatic carbocycles. The summed E-state index contributed by atoms with van der Waals surface area (Å²) in [5.74, 6) is 0. The van der Waals surface area contributed by atoms with Crippen LogP contribution >= 0.6 is 12.6 Å². The van der Waals surface area contributed by atoms with Crippen LogP contribution in [0.1, 0.15) is 0 Å². The standard InChI is InChI=1S/C9H13N3S/c1-4-11-6-9(5-10)7(2)12-8(3)13/h4-6,12-13H,1-3,10H2/b9-5+,11-6-. The first-order valence-corrected chi connectivity index (χ1v) is 3.96. The second-order valence-corrected chi connectivity index (χ2v) is 2.67. The molecule has 70 valence electrons. The number of thiol groups is 1. The second kappa shape index (κ2) is 6.14. The predicted octanol–water partition coefficient (Wildman–Crippen LogP) is 1.55. The first kappa shape index (κ1) is 11.6. The lowest BCUT2D eigenvalue weighted by Crippen LogP contribution is -2.11. The Kier molecular flexibility index (Phi) is 5.47. The zero-order chi connectivity index (χ0) is 10.3. The van der Waals surface area contributed by atoms with Crippen LogP contribution in [-0.4, -0.2) is 6.21 Å². The van der Waals surface area contributed by atoms with Gasteiger partial charge in [0, 0.05) is 29.9 Å². The van der Waals surface area contributed by atoms with E-state index in [9.17, 15) is 0 Å². The Hall–Kier alpha value is -1.42. The zero-order valence-electron chi connectivity index (χ0n) is 7.33. The van der Waals surface area contributed by atoms with Crippen LogP contribution in [0, 0.1) is 0 Å². The molecule has 0 aliphatic heterocycles. The van der Waals surface area contributed by atoms with Crippen LogP contribution < -0.4 is 11.1 Å². The summed E-state index contributed by atoms with van der Waals surface area (Å²) in [5, 5.41) is 3.30. The van der Waals surface area contributed by atoms with Gasteiger partial charge in [-0.3, -0.25) is 4.99 Å². The summed E-state index contributed by atoms with van der Waals surface area (Å²) in [6.07, 6.45) is 4.34. The average molecular weight is 195 g/mol. The van der Waals surface area contributed by atoms with Gasteiger partial charge >= 0.3 is 0 Å². The molecule has 0 aliphatic rings. The SMILES string of the molecule is C=C/N=C\C(=C/N)C(=C)NC(=C)S. The third-order valence-corrected chi connectivity index (χ3v) is 1.25. The number of nitrogens with one attached hydrogen (secondary N) is 1. The molecule has 0 amide bonds. The Morgan fingerprint density at radius 3 is 2.46 bits per heavy atom. The fourth-order valence-corrected chi connectivity index (χ4v) is 0.736. The summed E-state index contributed by atoms with van der Waals surface area (Å²) in [5.41, 5.74) is 6.60. The van der Waals surface area contributed by atoms with Crippen LogP contribution in [0.5, 0.6) is 0 Å². The van der Waals surface area contributed by atoms with Crippen molar-refractivity contribution < 1.29 is 0 Å². The Morgan fingerprint density at radius 2 is 2.08 bits per heavy atom. The Labute approximate surface area is 83.8 Å². The van der Waals surface area contributed by atoms with Gasteiger partial charge < -0.3 is 11.1 Å². The molecule has 0 bridgehead atoms. The van der Waals surface area contributed by atoms with Crippen molar-refractivity contribution in [1.82, 2.24) is 5.32 Å². The summed E-state index contributed by atoms with van der Waals surface area (Å²) in [6.45, 7) is 10.7. The maximum atomic E-state index is 5.35. The van der Waals surface area contributed by atoms with E-state index in [1.54, 1.807) is 6.21 Å². The van der Waals surface area contributed by atoms with Gasteiger partial charge in [0.25, 0.3) is 0 Å². The molecule has 0 aromatic heterocycles. The van der Waals surface area contributed by atoms with E-state index in [4.69, 9.17) is 5.73 Å². The minimum atomic E-state index is 0.497. The summed E-state index contributed by atoms with van der Waals surface area (Å²) in [7, 11) is 0. The molecular formula is C9H13N3S. The number of hydrogen-bond donors (Lipinski definition) is 3. The molecule has 13 heavy (non-hydrogen) atoms. The molecule has 0 unspecified atom stereocenters. The number of allylic oxidation sites excluding steroid dienone is 1. The van der Waals surface area contributed by atoms with Crippen molar-refractivity contribution in [2.24, 2.45) is 10.7 Å². The molecule has 0 aromatic rings. The molecule has 0 heterocycles. The molecule has 0 radical (unpaired) electrons. The molecule has 0 fully saturated rings. The highest BCUT2D eigenvalue weighted by atomic mass is 32.1. The number of rotatable bonds is 5. The summed E-state index contributed by atoms with van der Waals surface area (Å²) >= 11 is 3.96. The summed E-state index contributed by atoms with van der Waals surface area (Å²) in [6, 6.07) is 0. The van der Waals surface area contributed by atoms with Crippen LogP contribution in [-0.2, 0) is 0 Å². The Morgan fingerprint density at radius 1 is 1.46 bits per heavy atom. The zero-order valence-corrected chi connectivity index (χ0v) is 8.22. The molecule has 0 rings (SSSR count). The third kappa shape index (κ3) is 4.92. The van der Waals surface area contributed by atoms with E-state index in [2.05, 4.69) is 42.7 Å². The van der Waals surface area contributed by atoms with E-state index in [-0.39, 0.29) is 0 Å².